The quantitative estimate of drug-likeness (QED) is 0.0703. The summed E-state index contributed by atoms with van der Waals surface area (Å²) >= 11 is 0. The SMILES string of the molecule is CN[C@@H]1[C@@H](O)[C@@H](O[C@@H]2[C@H](O)[C@H](O[C@H]3O[C@H](CNS(=O)(=O)c4ccccc4[N+](=O)[O-])CC[C@H]3NS(=O)(=O)c3ccccc3[N+](=O)[O-])[C@@H](NC(=O)O)C[C@H]2N)OC[C@]1(C)O. The number of aliphatic hydroxyl groups excluding tert-OH is 2. The van der Waals surface area contributed by atoms with Gasteiger partial charge in [-0.2, -0.15) is 0 Å². The number of nitro benzene ring substituents is 2. The Morgan fingerprint density at radius 1 is 0.914 bits per heavy atom. The van der Waals surface area contributed by atoms with Crippen molar-refractivity contribution in [1.29, 1.82) is 0 Å². The van der Waals surface area contributed by atoms with Gasteiger partial charge in [-0.1, -0.05) is 24.3 Å². The average molecular weight is 864 g/mol. The summed E-state index contributed by atoms with van der Waals surface area (Å²) in [7, 11) is -7.79. The summed E-state index contributed by atoms with van der Waals surface area (Å²) in [5, 5.41) is 71.3. The first-order valence-corrected chi connectivity index (χ1v) is 20.7. The Balaban J connectivity index is 1.44. The van der Waals surface area contributed by atoms with Gasteiger partial charge in [-0.25, -0.2) is 31.1 Å². The summed E-state index contributed by atoms with van der Waals surface area (Å²) in [5.41, 5.74) is 3.34. The van der Waals surface area contributed by atoms with Gasteiger partial charge in [0.15, 0.2) is 22.4 Å². The molecule has 3 aliphatic rings. The molecular weight excluding hydrogens is 819 g/mol. The normalized spacial score (nSPS) is 33.2. The summed E-state index contributed by atoms with van der Waals surface area (Å²) in [5.74, 6) is 0. The Morgan fingerprint density at radius 3 is 2.05 bits per heavy atom. The highest BCUT2D eigenvalue weighted by Crippen LogP contribution is 2.34. The third-order valence-electron chi connectivity index (χ3n) is 10.0. The first-order valence-electron chi connectivity index (χ1n) is 17.7. The number of carbonyl (C=O) groups is 1. The fraction of sp³-hybridized carbons (Fsp3) is 0.594. The van der Waals surface area contributed by atoms with Gasteiger partial charge in [0.25, 0.3) is 11.4 Å². The van der Waals surface area contributed by atoms with Gasteiger partial charge >= 0.3 is 6.09 Å². The van der Waals surface area contributed by atoms with Gasteiger partial charge in [0.2, 0.25) is 20.0 Å². The molecule has 0 bridgehead atoms. The van der Waals surface area contributed by atoms with Crippen molar-refractivity contribution < 1.29 is 70.9 Å². The molecule has 1 amide bonds. The van der Waals surface area contributed by atoms with Crippen LogP contribution in [0, 0.1) is 20.2 Å². The second kappa shape index (κ2) is 18.1. The summed E-state index contributed by atoms with van der Waals surface area (Å²) in [4.78, 5) is 32.0. The van der Waals surface area contributed by atoms with E-state index in [4.69, 9.17) is 24.7 Å². The van der Waals surface area contributed by atoms with Crippen LogP contribution in [0.1, 0.15) is 26.2 Å². The maximum Gasteiger partial charge on any atom is 0.404 e. The lowest BCUT2D eigenvalue weighted by molar-refractivity contribution is -0.388. The van der Waals surface area contributed by atoms with E-state index in [2.05, 4.69) is 20.1 Å². The first-order chi connectivity index (χ1) is 27.2. The molecule has 5 rings (SSSR count). The maximum absolute atomic E-state index is 13.7. The molecule has 58 heavy (non-hydrogen) atoms. The highest BCUT2D eigenvalue weighted by atomic mass is 32.2. The van der Waals surface area contributed by atoms with Crippen molar-refractivity contribution in [1.82, 2.24) is 20.1 Å². The van der Waals surface area contributed by atoms with E-state index in [1.165, 1.54) is 38.2 Å². The molecule has 2 aromatic carbocycles. The zero-order valence-electron chi connectivity index (χ0n) is 30.9. The predicted octanol–water partition coefficient (Wildman–Crippen LogP) is -1.81. The van der Waals surface area contributed by atoms with Crippen molar-refractivity contribution >= 4 is 37.5 Å². The van der Waals surface area contributed by atoms with Gasteiger partial charge in [-0.15, -0.1) is 0 Å². The van der Waals surface area contributed by atoms with Crippen LogP contribution in [-0.2, 0) is 39.0 Å². The number of nitrogens with zero attached hydrogens (tertiary/aromatic N) is 2. The van der Waals surface area contributed by atoms with Gasteiger partial charge in [0, 0.05) is 24.7 Å². The summed E-state index contributed by atoms with van der Waals surface area (Å²) in [6, 6.07) is 4.19. The number of para-hydroxylation sites is 2. The molecule has 26 heteroatoms. The van der Waals surface area contributed by atoms with E-state index in [1.54, 1.807) is 0 Å². The van der Waals surface area contributed by atoms with Gasteiger partial charge in [-0.05, 0) is 45.4 Å². The second-order valence-electron chi connectivity index (χ2n) is 14.2. The number of amides is 1. The molecule has 0 aromatic heterocycles. The molecule has 3 fully saturated rings. The van der Waals surface area contributed by atoms with Crippen LogP contribution in [0.5, 0.6) is 0 Å². The van der Waals surface area contributed by atoms with Gasteiger partial charge in [0.05, 0.1) is 40.7 Å². The smallest absolute Gasteiger partial charge is 0.404 e. The van der Waals surface area contributed by atoms with Crippen LogP contribution in [0.25, 0.3) is 0 Å². The van der Waals surface area contributed by atoms with Crippen LogP contribution in [0.3, 0.4) is 0 Å². The highest BCUT2D eigenvalue weighted by molar-refractivity contribution is 7.90. The van der Waals surface area contributed by atoms with Crippen molar-refractivity contribution in [2.45, 2.75) is 109 Å². The lowest BCUT2D eigenvalue weighted by Crippen LogP contribution is -2.69. The van der Waals surface area contributed by atoms with E-state index >= 15 is 0 Å². The van der Waals surface area contributed by atoms with E-state index in [9.17, 15) is 62.3 Å². The fourth-order valence-corrected chi connectivity index (χ4v) is 9.90. The van der Waals surface area contributed by atoms with E-state index in [1.807, 2.05) is 0 Å². The molecule has 24 nitrogen and oxygen atoms in total. The van der Waals surface area contributed by atoms with Gasteiger partial charge in [-0.3, -0.25) is 20.2 Å². The number of hydrogen-bond donors (Lipinski definition) is 9. The average Bonchev–Trinajstić information content (AvgIpc) is 3.15. The molecule has 10 N–H and O–H groups in total. The number of nitro groups is 2. The maximum atomic E-state index is 13.7. The molecule has 322 valence electrons. The standard InChI is InChI=1S/C32H45N7O17S2/c1-32(44)15-53-30(25(41)28(32)34-2)55-26-17(33)13-19(36-31(42)43)27(24(26)40)56-29-18(37-58(51,52)23-10-6-4-8-21(23)39(47)48)12-11-16(54-29)14-35-57(49,50)22-9-5-3-7-20(22)38(45)46/h3-10,16-19,24-30,34-37,40-41,44H,11-15,33H2,1-2H3,(H,42,43)/t16-,17+,18+,19-,24-,25+,26-,27+,28+,29+,30+,32-/m0/s1. The largest absolute Gasteiger partial charge is 0.465 e. The minimum Gasteiger partial charge on any atom is -0.465 e. The van der Waals surface area contributed by atoms with Crippen molar-refractivity contribution in [3.63, 3.8) is 0 Å². The molecule has 1 saturated carbocycles. The van der Waals surface area contributed by atoms with E-state index < -0.39 is 137 Å². The zero-order valence-corrected chi connectivity index (χ0v) is 32.5. The summed E-state index contributed by atoms with van der Waals surface area (Å²) in [6.07, 6.45) is -13.0. The molecule has 2 heterocycles. The van der Waals surface area contributed by atoms with Gasteiger partial charge < -0.3 is 55.7 Å². The Hall–Kier alpha value is -4.03. The van der Waals surface area contributed by atoms with Crippen LogP contribution in [0.4, 0.5) is 16.2 Å². The Labute approximate surface area is 331 Å². The number of carboxylic acid groups (broad SMARTS) is 1. The monoisotopic (exact) mass is 863 g/mol. The number of benzene rings is 2. The molecule has 1 aliphatic carbocycles. The van der Waals surface area contributed by atoms with Crippen molar-refractivity contribution in [2.24, 2.45) is 5.73 Å². The second-order valence-corrected chi connectivity index (χ2v) is 17.6. The zero-order chi connectivity index (χ0) is 42.7. The molecule has 2 aromatic rings. The van der Waals surface area contributed by atoms with Crippen LogP contribution in [-0.4, -0.2) is 146 Å². The summed E-state index contributed by atoms with van der Waals surface area (Å²) in [6.45, 7) is 0.558. The minimum atomic E-state index is -4.73. The summed E-state index contributed by atoms with van der Waals surface area (Å²) < 4.78 is 82.0. The van der Waals surface area contributed by atoms with E-state index in [-0.39, 0.29) is 25.9 Å². The molecule has 2 saturated heterocycles. The van der Waals surface area contributed by atoms with Crippen LogP contribution in [0.15, 0.2) is 58.3 Å². The number of nitrogens with two attached hydrogens (primary N) is 1. The number of hydrogen-bond acceptors (Lipinski definition) is 18. The molecule has 0 spiro atoms. The number of rotatable bonds is 15. The Bertz CT molecular complexity index is 2040. The molecule has 2 aliphatic heterocycles. The highest BCUT2D eigenvalue weighted by Gasteiger charge is 2.52. The third kappa shape index (κ3) is 10.0. The Kier molecular flexibility index (Phi) is 14.0. The van der Waals surface area contributed by atoms with Crippen molar-refractivity contribution in [3.05, 3.63) is 68.8 Å². The minimum absolute atomic E-state index is 0.0860. The molecule has 0 unspecified atom stereocenters. The number of aliphatic hydroxyl groups is 3. The first kappa shape index (κ1) is 45.1. The van der Waals surface area contributed by atoms with Crippen LogP contribution in [0.2, 0.25) is 0 Å². The number of ether oxygens (including phenoxy) is 4. The van der Waals surface area contributed by atoms with Crippen LogP contribution < -0.4 is 25.8 Å². The number of nitrogens with one attached hydrogen (secondary N) is 4. The van der Waals surface area contributed by atoms with E-state index in [0.717, 1.165) is 24.3 Å². The number of sulfonamides is 2. The lowest BCUT2D eigenvalue weighted by Gasteiger charge is -2.49. The lowest BCUT2D eigenvalue weighted by atomic mass is 9.83. The van der Waals surface area contributed by atoms with E-state index in [0.29, 0.717) is 0 Å². The molecule has 12 atom stereocenters. The van der Waals surface area contributed by atoms with Crippen molar-refractivity contribution in [2.75, 3.05) is 20.2 Å². The molecule has 0 radical (unpaired) electrons. The fourth-order valence-electron chi connectivity index (χ4n) is 7.23. The van der Waals surface area contributed by atoms with Gasteiger partial charge in [0.1, 0.15) is 30.0 Å². The Morgan fingerprint density at radius 2 is 1.48 bits per heavy atom. The van der Waals surface area contributed by atoms with Crippen LogP contribution >= 0.6 is 0 Å². The van der Waals surface area contributed by atoms with Crippen molar-refractivity contribution in [3.8, 4) is 0 Å². The predicted molar refractivity (Wildman–Crippen MR) is 196 cm³/mol. The molecular formula is C32H45N7O17S2. The topological polar surface area (TPSA) is 364 Å². The third-order valence-corrected chi connectivity index (χ3v) is 13.0. The number of likely N-dealkylation sites (N-methyl/N-ethyl adjacent to an activating group) is 1.